The highest BCUT2D eigenvalue weighted by molar-refractivity contribution is 5.65. The monoisotopic (exact) mass is 281 g/mol. The number of nitrogens with one attached hydrogen (secondary N) is 1. The van der Waals surface area contributed by atoms with Crippen LogP contribution in [0.25, 0.3) is 0 Å². The van der Waals surface area contributed by atoms with Gasteiger partial charge in [-0.2, -0.15) is 0 Å². The number of hydrogen-bond donors (Lipinski definition) is 1. The molecule has 0 spiro atoms. The van der Waals surface area contributed by atoms with Crippen LogP contribution < -0.4 is 10.2 Å². The molecule has 0 unspecified atom stereocenters. The van der Waals surface area contributed by atoms with Crippen LogP contribution in [0.5, 0.6) is 0 Å². The van der Waals surface area contributed by atoms with Gasteiger partial charge in [0, 0.05) is 31.0 Å². The number of hydrogen-bond acceptors (Lipinski definition) is 3. The van der Waals surface area contributed by atoms with Crippen molar-refractivity contribution in [2.45, 2.75) is 39.3 Å². The zero-order chi connectivity index (χ0) is 14.7. The predicted octanol–water partition coefficient (Wildman–Crippen LogP) is 3.80. The minimum absolute atomic E-state index is 0.723. The number of aromatic nitrogens is 1. The normalized spacial score (nSPS) is 14.2. The number of anilines is 2. The van der Waals surface area contributed by atoms with Crippen molar-refractivity contribution < 1.29 is 0 Å². The fourth-order valence-corrected chi connectivity index (χ4v) is 2.57. The van der Waals surface area contributed by atoms with Crippen molar-refractivity contribution in [1.82, 2.24) is 10.3 Å². The summed E-state index contributed by atoms with van der Waals surface area (Å²) in [6.45, 7) is 6.16. The molecule has 1 fully saturated rings. The van der Waals surface area contributed by atoms with Crippen LogP contribution in [0, 0.1) is 6.92 Å². The second-order valence-electron chi connectivity index (χ2n) is 5.74. The largest absolute Gasteiger partial charge is 0.340 e. The third-order valence-corrected chi connectivity index (χ3v) is 4.00. The third-order valence-electron chi connectivity index (χ3n) is 4.00. The Morgan fingerprint density at radius 1 is 1.19 bits per heavy atom. The van der Waals surface area contributed by atoms with E-state index in [4.69, 9.17) is 0 Å². The van der Waals surface area contributed by atoms with Crippen molar-refractivity contribution in [2.24, 2.45) is 0 Å². The van der Waals surface area contributed by atoms with Crippen LogP contribution in [-0.2, 0) is 6.54 Å². The Labute approximate surface area is 127 Å². The van der Waals surface area contributed by atoms with E-state index >= 15 is 0 Å². The van der Waals surface area contributed by atoms with Gasteiger partial charge in [0.2, 0.25) is 0 Å². The molecule has 2 aromatic rings. The van der Waals surface area contributed by atoms with Gasteiger partial charge in [0.25, 0.3) is 0 Å². The molecule has 3 nitrogen and oxygen atoms in total. The second-order valence-corrected chi connectivity index (χ2v) is 5.74. The number of aryl methyl sites for hydroxylation is 1. The summed E-state index contributed by atoms with van der Waals surface area (Å²) in [5.74, 6) is 0. The van der Waals surface area contributed by atoms with Gasteiger partial charge in [0.1, 0.15) is 0 Å². The van der Waals surface area contributed by atoms with Gasteiger partial charge >= 0.3 is 0 Å². The molecule has 1 N–H and O–H groups in total. The zero-order valence-electron chi connectivity index (χ0n) is 12.8. The lowest BCUT2D eigenvalue weighted by Gasteiger charge is -2.25. The minimum Gasteiger partial charge on any atom is -0.340 e. The Balaban J connectivity index is 1.86. The van der Waals surface area contributed by atoms with E-state index in [9.17, 15) is 0 Å². The van der Waals surface area contributed by atoms with Gasteiger partial charge in [-0.1, -0.05) is 17.7 Å². The Bertz CT molecular complexity index is 588. The van der Waals surface area contributed by atoms with Crippen LogP contribution in [0.15, 0.2) is 42.7 Å². The van der Waals surface area contributed by atoms with E-state index in [-0.39, 0.29) is 0 Å². The zero-order valence-corrected chi connectivity index (χ0v) is 12.8. The Morgan fingerprint density at radius 3 is 2.62 bits per heavy atom. The van der Waals surface area contributed by atoms with Crippen molar-refractivity contribution in [3.05, 3.63) is 53.9 Å². The van der Waals surface area contributed by atoms with Gasteiger partial charge in [-0.25, -0.2) is 0 Å². The number of pyridine rings is 1. The van der Waals surface area contributed by atoms with E-state index in [1.807, 2.05) is 12.4 Å². The molecule has 0 bridgehead atoms. The highest BCUT2D eigenvalue weighted by atomic mass is 15.1. The van der Waals surface area contributed by atoms with Crippen LogP contribution in [0.3, 0.4) is 0 Å². The summed E-state index contributed by atoms with van der Waals surface area (Å²) in [6, 6.07) is 11.5. The summed E-state index contributed by atoms with van der Waals surface area (Å²) in [7, 11) is 0. The average molecular weight is 281 g/mol. The van der Waals surface area contributed by atoms with E-state index < -0.39 is 0 Å². The lowest BCUT2D eigenvalue weighted by Crippen LogP contribution is -2.21. The first-order chi connectivity index (χ1) is 10.3. The molecule has 0 radical (unpaired) electrons. The van der Waals surface area contributed by atoms with E-state index in [0.717, 1.165) is 19.1 Å². The maximum absolute atomic E-state index is 4.33. The van der Waals surface area contributed by atoms with Crippen molar-refractivity contribution in [1.29, 1.82) is 0 Å². The van der Waals surface area contributed by atoms with Gasteiger partial charge in [0.15, 0.2) is 0 Å². The molecule has 1 aromatic carbocycles. The first kappa shape index (κ1) is 14.1. The first-order valence-corrected chi connectivity index (χ1v) is 7.78. The summed E-state index contributed by atoms with van der Waals surface area (Å²) in [4.78, 5) is 6.66. The van der Waals surface area contributed by atoms with Crippen molar-refractivity contribution >= 4 is 11.4 Å². The molecular weight excluding hydrogens is 258 g/mol. The molecule has 21 heavy (non-hydrogen) atoms. The van der Waals surface area contributed by atoms with Gasteiger partial charge in [-0.05, 0) is 50.5 Å². The molecular formula is C18H23N3. The molecule has 0 atom stereocenters. The molecule has 0 amide bonds. The Hall–Kier alpha value is -1.87. The van der Waals surface area contributed by atoms with Crippen LogP contribution in [-0.4, -0.2) is 17.6 Å². The molecule has 3 heteroatoms. The predicted molar refractivity (Wildman–Crippen MR) is 88.0 cm³/mol. The maximum atomic E-state index is 4.33. The molecule has 1 heterocycles. The standard InChI is InChI=1S/C18H23N3/c1-3-21(17-8-4-14(2)5-9-17)18-13-19-11-10-15(18)12-20-16-6-7-16/h4-5,8-11,13,16,20H,3,6-7,12H2,1-2H3. The quantitative estimate of drug-likeness (QED) is 0.873. The van der Waals surface area contributed by atoms with Gasteiger partial charge in [0.05, 0.1) is 11.9 Å². The summed E-state index contributed by atoms with van der Waals surface area (Å²) in [5.41, 5.74) is 5.04. The van der Waals surface area contributed by atoms with Crippen LogP contribution in [0.2, 0.25) is 0 Å². The summed E-state index contributed by atoms with van der Waals surface area (Å²) < 4.78 is 0. The lowest BCUT2D eigenvalue weighted by molar-refractivity contribution is 0.686. The molecule has 3 rings (SSSR count). The van der Waals surface area contributed by atoms with Gasteiger partial charge in [-0.15, -0.1) is 0 Å². The average Bonchev–Trinajstić information content (AvgIpc) is 3.33. The first-order valence-electron chi connectivity index (χ1n) is 7.78. The maximum Gasteiger partial charge on any atom is 0.0642 e. The molecule has 1 aliphatic rings. The topological polar surface area (TPSA) is 28.2 Å². The molecule has 1 aliphatic carbocycles. The van der Waals surface area contributed by atoms with Crippen molar-refractivity contribution in [3.63, 3.8) is 0 Å². The minimum atomic E-state index is 0.723. The van der Waals surface area contributed by atoms with Gasteiger partial charge in [-0.3, -0.25) is 4.98 Å². The van der Waals surface area contributed by atoms with Crippen LogP contribution >= 0.6 is 0 Å². The number of nitrogens with zero attached hydrogens (tertiary/aromatic N) is 2. The molecule has 110 valence electrons. The van der Waals surface area contributed by atoms with E-state index in [0.29, 0.717) is 0 Å². The van der Waals surface area contributed by atoms with E-state index in [1.54, 1.807) is 0 Å². The fourth-order valence-electron chi connectivity index (χ4n) is 2.57. The number of benzene rings is 1. The summed E-state index contributed by atoms with van der Waals surface area (Å²) in [5, 5.41) is 3.60. The fraction of sp³-hybridized carbons (Fsp3) is 0.389. The van der Waals surface area contributed by atoms with Crippen LogP contribution in [0.1, 0.15) is 30.9 Å². The highest BCUT2D eigenvalue weighted by Gasteiger charge is 2.21. The summed E-state index contributed by atoms with van der Waals surface area (Å²) in [6.07, 6.45) is 6.50. The molecule has 1 saturated carbocycles. The molecule has 0 aliphatic heterocycles. The Kier molecular flexibility index (Phi) is 4.20. The highest BCUT2D eigenvalue weighted by Crippen LogP contribution is 2.28. The second kappa shape index (κ2) is 6.27. The van der Waals surface area contributed by atoms with E-state index in [2.05, 4.69) is 59.4 Å². The summed E-state index contributed by atoms with van der Waals surface area (Å²) >= 11 is 0. The van der Waals surface area contributed by atoms with Crippen molar-refractivity contribution in [3.8, 4) is 0 Å². The van der Waals surface area contributed by atoms with Gasteiger partial charge < -0.3 is 10.2 Å². The van der Waals surface area contributed by atoms with Crippen molar-refractivity contribution in [2.75, 3.05) is 11.4 Å². The van der Waals surface area contributed by atoms with Crippen LogP contribution in [0.4, 0.5) is 11.4 Å². The third kappa shape index (κ3) is 3.42. The number of rotatable bonds is 6. The van der Waals surface area contributed by atoms with E-state index in [1.165, 1.54) is 35.3 Å². The SMILES string of the molecule is CCN(c1ccc(C)cc1)c1cnccc1CNC1CC1. The smallest absolute Gasteiger partial charge is 0.0642 e. The Morgan fingerprint density at radius 2 is 1.95 bits per heavy atom. The lowest BCUT2D eigenvalue weighted by atomic mass is 10.1. The molecule has 0 saturated heterocycles. The molecule has 1 aromatic heterocycles.